The number of halogens is 5. The van der Waals surface area contributed by atoms with Crippen molar-refractivity contribution in [3.8, 4) is 11.3 Å². The smallest absolute Gasteiger partial charge is 0.302 e. The number of amides is 1. The zero-order valence-corrected chi connectivity index (χ0v) is 18.9. The Kier molecular flexibility index (Phi) is 6.05. The minimum atomic E-state index is -5.03. The van der Waals surface area contributed by atoms with E-state index in [9.17, 15) is 36.3 Å². The molecule has 1 N–H and O–H groups in total. The van der Waals surface area contributed by atoms with Gasteiger partial charge in [-0.2, -0.15) is 13.2 Å². The summed E-state index contributed by atoms with van der Waals surface area (Å²) in [5.74, 6) is -3.60. The van der Waals surface area contributed by atoms with E-state index in [0.29, 0.717) is 17.1 Å². The number of carbonyl (C=O) groups excluding carboxylic acids is 1. The third-order valence-corrected chi connectivity index (χ3v) is 6.08. The fourth-order valence-corrected chi connectivity index (χ4v) is 4.32. The van der Waals surface area contributed by atoms with Crippen LogP contribution in [0.15, 0.2) is 45.3 Å². The molecule has 0 aliphatic heterocycles. The summed E-state index contributed by atoms with van der Waals surface area (Å²) in [5.41, 5.74) is -2.85. The maximum absolute atomic E-state index is 14.2. The SMILES string of the molecule is Cn1c(=O)c2c(CC(=O)Nc3nc(-c4cc(C(F)(F)F)c(F)cc4F)cs3)cccc2n(C)c1=O. The van der Waals surface area contributed by atoms with E-state index < -0.39 is 46.1 Å². The number of nitrogens with zero attached hydrogens (tertiary/aromatic N) is 3. The van der Waals surface area contributed by atoms with Gasteiger partial charge in [0, 0.05) is 31.1 Å². The van der Waals surface area contributed by atoms with Crippen molar-refractivity contribution < 1.29 is 26.7 Å². The van der Waals surface area contributed by atoms with Crippen molar-refractivity contribution >= 4 is 33.3 Å². The van der Waals surface area contributed by atoms with Crippen LogP contribution in [0.4, 0.5) is 27.1 Å². The third-order valence-electron chi connectivity index (χ3n) is 5.32. The highest BCUT2D eigenvalue weighted by Gasteiger charge is 2.35. The topological polar surface area (TPSA) is 86.0 Å². The van der Waals surface area contributed by atoms with E-state index in [1.54, 1.807) is 18.2 Å². The zero-order valence-electron chi connectivity index (χ0n) is 18.0. The van der Waals surface area contributed by atoms with Crippen LogP contribution in [0.2, 0.25) is 0 Å². The average molecular weight is 510 g/mol. The molecule has 0 unspecified atom stereocenters. The number of carbonyl (C=O) groups is 1. The molecule has 2 aromatic carbocycles. The molecule has 0 spiro atoms. The Morgan fingerprint density at radius 2 is 1.80 bits per heavy atom. The average Bonchev–Trinajstić information content (AvgIpc) is 3.23. The summed E-state index contributed by atoms with van der Waals surface area (Å²) in [6, 6.07) is 5.15. The van der Waals surface area contributed by atoms with Crippen molar-refractivity contribution in [1.29, 1.82) is 0 Å². The Bertz CT molecular complexity index is 1600. The molecule has 4 rings (SSSR count). The third kappa shape index (κ3) is 4.46. The van der Waals surface area contributed by atoms with Gasteiger partial charge in [0.2, 0.25) is 5.91 Å². The van der Waals surface area contributed by atoms with Crippen molar-refractivity contribution in [2.24, 2.45) is 14.1 Å². The number of anilines is 1. The Morgan fingerprint density at radius 1 is 1.09 bits per heavy atom. The summed E-state index contributed by atoms with van der Waals surface area (Å²) in [5, 5.41) is 3.81. The number of aryl methyl sites for hydroxylation is 1. The fraction of sp³-hybridized carbons (Fsp3) is 0.182. The molecule has 13 heteroatoms. The van der Waals surface area contributed by atoms with Crippen LogP contribution in [0, 0.1) is 11.6 Å². The number of aromatic nitrogens is 3. The fourth-order valence-electron chi connectivity index (χ4n) is 3.60. The van der Waals surface area contributed by atoms with Crippen LogP contribution >= 0.6 is 11.3 Å². The molecule has 0 aliphatic carbocycles. The molecule has 0 saturated heterocycles. The van der Waals surface area contributed by atoms with Gasteiger partial charge in [0.1, 0.15) is 11.6 Å². The highest BCUT2D eigenvalue weighted by atomic mass is 32.1. The standard InChI is InChI=1S/C22H15F5N4O3S/c1-30-16-5-3-4-10(18(16)19(33)31(2)21(30)34)6-17(32)29-20-28-15(9-35-20)11-7-12(22(25,26)27)14(24)8-13(11)23/h3-5,7-9H,6H2,1-2H3,(H,28,29,32). The van der Waals surface area contributed by atoms with Crippen molar-refractivity contribution in [2.75, 3.05) is 5.32 Å². The monoisotopic (exact) mass is 510 g/mol. The van der Waals surface area contributed by atoms with Gasteiger partial charge in [-0.05, 0) is 17.7 Å². The summed E-state index contributed by atoms with van der Waals surface area (Å²) in [6.45, 7) is 0. The van der Waals surface area contributed by atoms with Gasteiger partial charge in [-0.3, -0.25) is 18.7 Å². The number of rotatable bonds is 4. The van der Waals surface area contributed by atoms with Gasteiger partial charge in [0.25, 0.3) is 5.56 Å². The van der Waals surface area contributed by atoms with Crippen LogP contribution in [0.3, 0.4) is 0 Å². The molecule has 2 aromatic heterocycles. The molecule has 1 amide bonds. The Balaban J connectivity index is 1.62. The van der Waals surface area contributed by atoms with E-state index in [1.165, 1.54) is 24.0 Å². The van der Waals surface area contributed by atoms with Gasteiger partial charge in [0.15, 0.2) is 5.13 Å². The van der Waals surface area contributed by atoms with Crippen LogP contribution in [-0.2, 0) is 31.5 Å². The normalized spacial score (nSPS) is 11.7. The zero-order chi connectivity index (χ0) is 25.7. The van der Waals surface area contributed by atoms with E-state index in [2.05, 4.69) is 10.3 Å². The largest absolute Gasteiger partial charge is 0.419 e. The number of nitrogens with one attached hydrogen (secondary N) is 1. The molecular weight excluding hydrogens is 495 g/mol. The second kappa shape index (κ2) is 8.73. The van der Waals surface area contributed by atoms with E-state index in [0.717, 1.165) is 15.9 Å². The maximum Gasteiger partial charge on any atom is 0.419 e. The summed E-state index contributed by atoms with van der Waals surface area (Å²) in [7, 11) is 2.81. The predicted octanol–water partition coefficient (Wildman–Crippen LogP) is 3.84. The van der Waals surface area contributed by atoms with E-state index in [1.807, 2.05) is 0 Å². The van der Waals surface area contributed by atoms with Gasteiger partial charge in [-0.15, -0.1) is 11.3 Å². The van der Waals surface area contributed by atoms with Crippen molar-refractivity contribution in [3.63, 3.8) is 0 Å². The molecule has 7 nitrogen and oxygen atoms in total. The van der Waals surface area contributed by atoms with Gasteiger partial charge < -0.3 is 5.32 Å². The molecule has 0 atom stereocenters. The molecule has 0 aliphatic rings. The van der Waals surface area contributed by atoms with Crippen molar-refractivity contribution in [3.05, 3.63) is 79.3 Å². The van der Waals surface area contributed by atoms with Crippen LogP contribution in [0.25, 0.3) is 22.2 Å². The van der Waals surface area contributed by atoms with E-state index >= 15 is 0 Å². The first-order chi connectivity index (χ1) is 16.4. The van der Waals surface area contributed by atoms with Crippen molar-refractivity contribution in [2.45, 2.75) is 12.6 Å². The minimum absolute atomic E-state index is 0.0391. The van der Waals surface area contributed by atoms with Crippen LogP contribution in [0.5, 0.6) is 0 Å². The van der Waals surface area contributed by atoms with Gasteiger partial charge in [-0.1, -0.05) is 12.1 Å². The molecule has 35 heavy (non-hydrogen) atoms. The molecule has 2 heterocycles. The second-order valence-corrected chi connectivity index (χ2v) is 8.45. The van der Waals surface area contributed by atoms with Gasteiger partial charge >= 0.3 is 11.9 Å². The lowest BCUT2D eigenvalue weighted by atomic mass is 10.1. The molecule has 0 fully saturated rings. The maximum atomic E-state index is 14.2. The molecule has 0 saturated carbocycles. The molecule has 0 bridgehead atoms. The lowest BCUT2D eigenvalue weighted by Gasteiger charge is -2.11. The van der Waals surface area contributed by atoms with Crippen LogP contribution < -0.4 is 16.6 Å². The number of fused-ring (bicyclic) bond motifs is 1. The van der Waals surface area contributed by atoms with Gasteiger partial charge in [-0.25, -0.2) is 18.6 Å². The van der Waals surface area contributed by atoms with E-state index in [-0.39, 0.29) is 28.7 Å². The molecule has 4 aromatic rings. The lowest BCUT2D eigenvalue weighted by molar-refractivity contribution is -0.140. The van der Waals surface area contributed by atoms with E-state index in [4.69, 9.17) is 0 Å². The Hall–Kier alpha value is -3.87. The quantitative estimate of drug-likeness (QED) is 0.423. The molecule has 0 radical (unpaired) electrons. The molecule has 182 valence electrons. The summed E-state index contributed by atoms with van der Waals surface area (Å²) in [6.07, 6.45) is -5.30. The number of benzene rings is 2. The minimum Gasteiger partial charge on any atom is -0.302 e. The number of hydrogen-bond donors (Lipinski definition) is 1. The first-order valence-corrected chi connectivity index (χ1v) is 10.8. The highest BCUT2D eigenvalue weighted by molar-refractivity contribution is 7.14. The van der Waals surface area contributed by atoms with Crippen LogP contribution in [-0.4, -0.2) is 20.0 Å². The van der Waals surface area contributed by atoms with Crippen LogP contribution in [0.1, 0.15) is 11.1 Å². The number of thiazole rings is 1. The number of alkyl halides is 3. The number of hydrogen-bond acceptors (Lipinski definition) is 5. The Morgan fingerprint density at radius 3 is 2.49 bits per heavy atom. The predicted molar refractivity (Wildman–Crippen MR) is 119 cm³/mol. The summed E-state index contributed by atoms with van der Waals surface area (Å²) < 4.78 is 68.9. The van der Waals surface area contributed by atoms with Gasteiger partial charge in [0.05, 0.1) is 28.6 Å². The summed E-state index contributed by atoms with van der Waals surface area (Å²) in [4.78, 5) is 41.4. The lowest BCUT2D eigenvalue weighted by Crippen LogP contribution is -2.37. The Labute approximate surface area is 197 Å². The second-order valence-electron chi connectivity index (χ2n) is 7.59. The van der Waals surface area contributed by atoms with Crippen molar-refractivity contribution in [1.82, 2.24) is 14.1 Å². The first-order valence-electron chi connectivity index (χ1n) is 9.88. The molecular formula is C22H15F5N4O3S. The first kappa shape index (κ1) is 24.3. The summed E-state index contributed by atoms with van der Waals surface area (Å²) >= 11 is 0.827. The highest BCUT2D eigenvalue weighted by Crippen LogP contribution is 2.36.